The number of methoxy groups -OCH3 is 1. The van der Waals surface area contributed by atoms with Crippen molar-refractivity contribution in [3.8, 4) is 11.6 Å². The highest BCUT2D eigenvalue weighted by atomic mass is 19.4. The number of benzene rings is 1. The first-order chi connectivity index (χ1) is 14.4. The number of tetrazole rings is 1. The molecule has 30 heavy (non-hydrogen) atoms. The number of nitrogens with one attached hydrogen (secondary N) is 1. The van der Waals surface area contributed by atoms with Crippen LogP contribution in [0.4, 0.5) is 13.2 Å². The van der Waals surface area contributed by atoms with Crippen molar-refractivity contribution in [1.29, 1.82) is 0 Å². The normalized spacial score (nSPS) is 12.0. The second-order valence-electron chi connectivity index (χ2n) is 6.00. The molecule has 0 spiro atoms. The molecule has 0 bridgehead atoms. The van der Waals surface area contributed by atoms with E-state index < -0.39 is 11.7 Å². The SMILES string of the molecule is COc1cc(CON=C(C)c2ccc(OCc3nnn[nH]3)nc2)ccc1C(F)(F)F. The van der Waals surface area contributed by atoms with Gasteiger partial charge in [0.1, 0.15) is 12.4 Å². The Morgan fingerprint density at radius 1 is 1.17 bits per heavy atom. The molecule has 158 valence electrons. The molecule has 0 aliphatic rings. The summed E-state index contributed by atoms with van der Waals surface area (Å²) in [4.78, 5) is 9.41. The summed E-state index contributed by atoms with van der Waals surface area (Å²) in [5, 5.41) is 17.1. The molecule has 1 N–H and O–H groups in total. The zero-order valence-corrected chi connectivity index (χ0v) is 16.0. The number of oxime groups is 1. The summed E-state index contributed by atoms with van der Waals surface area (Å²) < 4.78 is 49.0. The van der Waals surface area contributed by atoms with Gasteiger partial charge >= 0.3 is 6.18 Å². The van der Waals surface area contributed by atoms with Crippen LogP contribution in [0.25, 0.3) is 0 Å². The van der Waals surface area contributed by atoms with E-state index in [9.17, 15) is 13.2 Å². The van der Waals surface area contributed by atoms with E-state index in [2.05, 4.69) is 30.8 Å². The first-order valence-corrected chi connectivity index (χ1v) is 8.59. The minimum absolute atomic E-state index is 0.0221. The molecular formula is C18H17F3N6O3. The van der Waals surface area contributed by atoms with Gasteiger partial charge in [-0.2, -0.15) is 13.2 Å². The number of halogens is 3. The first kappa shape index (κ1) is 21.0. The van der Waals surface area contributed by atoms with Gasteiger partial charge in [-0.1, -0.05) is 11.2 Å². The summed E-state index contributed by atoms with van der Waals surface area (Å²) in [5.41, 5.74) is 0.864. The van der Waals surface area contributed by atoms with Crippen LogP contribution in [0.15, 0.2) is 41.7 Å². The summed E-state index contributed by atoms with van der Waals surface area (Å²) in [7, 11) is 1.18. The van der Waals surface area contributed by atoms with E-state index in [1.54, 1.807) is 25.3 Å². The Kier molecular flexibility index (Phi) is 6.45. The average Bonchev–Trinajstić information content (AvgIpc) is 3.25. The quantitative estimate of drug-likeness (QED) is 0.439. The number of nitrogens with zero attached hydrogens (tertiary/aromatic N) is 5. The molecule has 0 atom stereocenters. The van der Waals surface area contributed by atoms with E-state index in [1.807, 2.05) is 0 Å². The fourth-order valence-corrected chi connectivity index (χ4v) is 2.38. The maximum absolute atomic E-state index is 12.9. The smallest absolute Gasteiger partial charge is 0.419 e. The van der Waals surface area contributed by atoms with E-state index >= 15 is 0 Å². The van der Waals surface area contributed by atoms with Crippen molar-refractivity contribution in [1.82, 2.24) is 25.6 Å². The van der Waals surface area contributed by atoms with Gasteiger partial charge in [0, 0.05) is 17.8 Å². The molecule has 0 aliphatic heterocycles. The summed E-state index contributed by atoms with van der Waals surface area (Å²) in [6, 6.07) is 6.92. The van der Waals surface area contributed by atoms with Crippen LogP contribution in [-0.2, 0) is 24.2 Å². The lowest BCUT2D eigenvalue weighted by Gasteiger charge is -2.13. The molecule has 0 saturated carbocycles. The van der Waals surface area contributed by atoms with E-state index in [0.29, 0.717) is 28.5 Å². The highest BCUT2D eigenvalue weighted by molar-refractivity contribution is 5.98. The van der Waals surface area contributed by atoms with Gasteiger partial charge in [-0.3, -0.25) is 0 Å². The predicted octanol–water partition coefficient (Wildman–Crippen LogP) is 3.14. The van der Waals surface area contributed by atoms with Crippen molar-refractivity contribution in [2.75, 3.05) is 7.11 Å². The van der Waals surface area contributed by atoms with Gasteiger partial charge in [0.2, 0.25) is 5.88 Å². The second-order valence-corrected chi connectivity index (χ2v) is 6.00. The molecule has 2 aromatic heterocycles. The highest BCUT2D eigenvalue weighted by Gasteiger charge is 2.34. The highest BCUT2D eigenvalue weighted by Crippen LogP contribution is 2.36. The number of aromatic nitrogens is 5. The molecule has 3 rings (SSSR count). The minimum Gasteiger partial charge on any atom is -0.496 e. The lowest BCUT2D eigenvalue weighted by molar-refractivity contribution is -0.138. The fraction of sp³-hybridized carbons (Fsp3) is 0.278. The van der Waals surface area contributed by atoms with Crippen LogP contribution in [0.2, 0.25) is 0 Å². The van der Waals surface area contributed by atoms with Crippen LogP contribution < -0.4 is 9.47 Å². The van der Waals surface area contributed by atoms with Crippen LogP contribution >= 0.6 is 0 Å². The van der Waals surface area contributed by atoms with Gasteiger partial charge in [-0.25, -0.2) is 10.1 Å². The number of hydrogen-bond acceptors (Lipinski definition) is 8. The van der Waals surface area contributed by atoms with Gasteiger partial charge in [-0.05, 0) is 41.1 Å². The number of ether oxygens (including phenoxy) is 2. The summed E-state index contributed by atoms with van der Waals surface area (Å²) in [6.45, 7) is 1.84. The zero-order valence-electron chi connectivity index (χ0n) is 16.0. The molecule has 0 saturated heterocycles. The van der Waals surface area contributed by atoms with Crippen LogP contribution in [-0.4, -0.2) is 38.4 Å². The minimum atomic E-state index is -4.49. The molecule has 9 nitrogen and oxygen atoms in total. The van der Waals surface area contributed by atoms with Gasteiger partial charge in [0.25, 0.3) is 0 Å². The summed E-state index contributed by atoms with van der Waals surface area (Å²) in [5.74, 6) is 0.567. The van der Waals surface area contributed by atoms with Crippen molar-refractivity contribution >= 4 is 5.71 Å². The Morgan fingerprint density at radius 2 is 2.00 bits per heavy atom. The molecule has 0 amide bonds. The molecule has 2 heterocycles. The Labute approximate surface area is 168 Å². The third-order valence-electron chi connectivity index (χ3n) is 3.90. The maximum atomic E-state index is 12.9. The number of alkyl halides is 3. The van der Waals surface area contributed by atoms with Crippen molar-refractivity contribution < 1.29 is 27.5 Å². The second kappa shape index (κ2) is 9.20. The van der Waals surface area contributed by atoms with E-state index in [4.69, 9.17) is 14.3 Å². The number of rotatable bonds is 8. The summed E-state index contributed by atoms with van der Waals surface area (Å²) in [6.07, 6.45) is -2.94. The predicted molar refractivity (Wildman–Crippen MR) is 97.7 cm³/mol. The molecule has 12 heteroatoms. The Balaban J connectivity index is 1.57. The van der Waals surface area contributed by atoms with Gasteiger partial charge < -0.3 is 14.3 Å². The van der Waals surface area contributed by atoms with Crippen molar-refractivity contribution in [2.45, 2.75) is 26.3 Å². The molecule has 3 aromatic rings. The van der Waals surface area contributed by atoms with Crippen LogP contribution in [0.3, 0.4) is 0 Å². The Hall–Kier alpha value is -3.70. The maximum Gasteiger partial charge on any atom is 0.419 e. The number of pyridine rings is 1. The van der Waals surface area contributed by atoms with E-state index in [1.165, 1.54) is 19.2 Å². The number of H-pyrrole nitrogens is 1. The number of hydrogen-bond donors (Lipinski definition) is 1. The lowest BCUT2D eigenvalue weighted by Crippen LogP contribution is -2.08. The van der Waals surface area contributed by atoms with Gasteiger partial charge in [0.15, 0.2) is 12.4 Å². The van der Waals surface area contributed by atoms with Crippen LogP contribution in [0, 0.1) is 0 Å². The lowest BCUT2D eigenvalue weighted by atomic mass is 10.1. The fourth-order valence-electron chi connectivity index (χ4n) is 2.38. The topological polar surface area (TPSA) is 107 Å². The van der Waals surface area contributed by atoms with E-state index in [-0.39, 0.29) is 19.0 Å². The molecule has 1 aromatic carbocycles. The Bertz CT molecular complexity index is 991. The third kappa shape index (κ3) is 5.43. The van der Waals surface area contributed by atoms with Gasteiger partial charge in [-0.15, -0.1) is 5.10 Å². The monoisotopic (exact) mass is 422 g/mol. The molecule has 0 radical (unpaired) electrons. The molecule has 0 aliphatic carbocycles. The Morgan fingerprint density at radius 3 is 2.63 bits per heavy atom. The van der Waals surface area contributed by atoms with Crippen molar-refractivity contribution in [3.63, 3.8) is 0 Å². The average molecular weight is 422 g/mol. The zero-order chi connectivity index (χ0) is 21.6. The standard InChI is InChI=1S/C18H17F3N6O3/c1-11(13-4-6-17(22-8-13)29-10-16-23-26-27-24-16)25-30-9-12-3-5-14(18(19,20)21)15(7-12)28-2/h3-8H,9-10H2,1-2H3,(H,23,24,26,27). The van der Waals surface area contributed by atoms with Gasteiger partial charge in [0.05, 0.1) is 18.4 Å². The van der Waals surface area contributed by atoms with Crippen molar-refractivity contribution in [3.05, 3.63) is 59.0 Å². The van der Waals surface area contributed by atoms with Crippen LogP contribution in [0.5, 0.6) is 11.6 Å². The summed E-state index contributed by atoms with van der Waals surface area (Å²) >= 11 is 0. The third-order valence-corrected chi connectivity index (χ3v) is 3.90. The van der Waals surface area contributed by atoms with E-state index in [0.717, 1.165) is 6.07 Å². The largest absolute Gasteiger partial charge is 0.496 e. The molecular weight excluding hydrogens is 405 g/mol. The van der Waals surface area contributed by atoms with Crippen molar-refractivity contribution in [2.24, 2.45) is 5.16 Å². The molecule has 0 unspecified atom stereocenters. The number of aromatic amines is 1. The first-order valence-electron chi connectivity index (χ1n) is 8.59. The van der Waals surface area contributed by atoms with Crippen LogP contribution in [0.1, 0.15) is 29.4 Å². The molecule has 0 fully saturated rings.